The Balaban J connectivity index is 2.61. The van der Waals surface area contributed by atoms with Crippen LogP contribution in [0.25, 0.3) is 0 Å². The van der Waals surface area contributed by atoms with Crippen molar-refractivity contribution in [3.05, 3.63) is 22.8 Å². The summed E-state index contributed by atoms with van der Waals surface area (Å²) in [6.45, 7) is 3.75. The zero-order chi connectivity index (χ0) is 12.2. The molecule has 0 saturated heterocycles. The van der Waals surface area contributed by atoms with Crippen molar-refractivity contribution in [2.45, 2.75) is 13.8 Å². The number of methoxy groups -OCH3 is 1. The van der Waals surface area contributed by atoms with Crippen molar-refractivity contribution in [3.8, 4) is 5.88 Å². The predicted molar refractivity (Wildman–Crippen MR) is 63.2 cm³/mol. The maximum Gasteiger partial charge on any atom is 0.314 e. The average Bonchev–Trinajstić information content (AvgIpc) is 2.25. The summed E-state index contributed by atoms with van der Waals surface area (Å²) in [5.41, 5.74) is -0.682. The van der Waals surface area contributed by atoms with Gasteiger partial charge in [-0.25, -0.2) is 4.98 Å². The molecular weight excluding hydrogens is 274 g/mol. The third-order valence-corrected chi connectivity index (χ3v) is 2.51. The topological polar surface area (TPSA) is 48.4 Å². The van der Waals surface area contributed by atoms with E-state index in [-0.39, 0.29) is 12.6 Å². The minimum absolute atomic E-state index is 0.225. The molecule has 1 aromatic rings. The molecule has 0 aliphatic heterocycles. The number of hydrogen-bond acceptors (Lipinski definition) is 4. The van der Waals surface area contributed by atoms with Gasteiger partial charge in [0.05, 0.1) is 12.5 Å². The van der Waals surface area contributed by atoms with E-state index in [9.17, 15) is 4.79 Å². The Morgan fingerprint density at radius 1 is 1.56 bits per heavy atom. The molecule has 0 N–H and O–H groups in total. The first-order chi connectivity index (χ1) is 7.45. The van der Waals surface area contributed by atoms with Gasteiger partial charge in [0, 0.05) is 16.7 Å². The molecule has 0 bridgehead atoms. The maximum absolute atomic E-state index is 11.4. The van der Waals surface area contributed by atoms with Crippen molar-refractivity contribution in [1.82, 2.24) is 4.98 Å². The summed E-state index contributed by atoms with van der Waals surface area (Å²) in [7, 11) is 1.36. The number of hydrogen-bond donors (Lipinski definition) is 0. The molecule has 0 amide bonds. The van der Waals surface area contributed by atoms with Crippen molar-refractivity contribution >= 4 is 21.9 Å². The van der Waals surface area contributed by atoms with Crippen LogP contribution >= 0.6 is 15.9 Å². The van der Waals surface area contributed by atoms with Crippen LogP contribution in [-0.2, 0) is 9.53 Å². The summed E-state index contributed by atoms with van der Waals surface area (Å²) in [6.07, 6.45) is 1.63. The normalized spacial score (nSPS) is 11.0. The van der Waals surface area contributed by atoms with Gasteiger partial charge in [0.25, 0.3) is 0 Å². The molecule has 4 nitrogen and oxygen atoms in total. The first-order valence-corrected chi connectivity index (χ1v) is 5.58. The molecule has 0 saturated carbocycles. The van der Waals surface area contributed by atoms with Crippen molar-refractivity contribution in [1.29, 1.82) is 0 Å². The van der Waals surface area contributed by atoms with E-state index in [4.69, 9.17) is 4.74 Å². The summed E-state index contributed by atoms with van der Waals surface area (Å²) < 4.78 is 11.0. The second-order valence-electron chi connectivity index (χ2n) is 3.98. The van der Waals surface area contributed by atoms with E-state index in [2.05, 4.69) is 25.7 Å². The van der Waals surface area contributed by atoms with E-state index < -0.39 is 5.41 Å². The van der Waals surface area contributed by atoms with Gasteiger partial charge in [-0.1, -0.05) is 15.9 Å². The molecule has 0 aliphatic carbocycles. The third-order valence-electron chi connectivity index (χ3n) is 2.02. The second kappa shape index (κ2) is 5.30. The van der Waals surface area contributed by atoms with Crippen molar-refractivity contribution in [3.63, 3.8) is 0 Å². The van der Waals surface area contributed by atoms with Gasteiger partial charge in [0.15, 0.2) is 0 Å². The molecule has 0 radical (unpaired) electrons. The molecule has 0 aliphatic rings. The zero-order valence-corrected chi connectivity index (χ0v) is 11.1. The lowest BCUT2D eigenvalue weighted by atomic mass is 9.95. The quantitative estimate of drug-likeness (QED) is 0.798. The standard InChI is InChI=1S/C11H14BrNO3/c1-11(2,10(14)15-3)7-16-9-6-8(12)4-5-13-9/h4-6H,7H2,1-3H3. The minimum Gasteiger partial charge on any atom is -0.476 e. The van der Waals surface area contributed by atoms with E-state index >= 15 is 0 Å². The van der Waals surface area contributed by atoms with Gasteiger partial charge >= 0.3 is 5.97 Å². The number of carbonyl (C=O) groups is 1. The second-order valence-corrected chi connectivity index (χ2v) is 4.89. The van der Waals surface area contributed by atoms with E-state index in [1.54, 1.807) is 32.2 Å². The van der Waals surface area contributed by atoms with Gasteiger partial charge in [-0.3, -0.25) is 4.79 Å². The summed E-state index contributed by atoms with van der Waals surface area (Å²) >= 11 is 3.31. The number of aromatic nitrogens is 1. The molecule has 16 heavy (non-hydrogen) atoms. The number of rotatable bonds is 4. The molecule has 1 aromatic heterocycles. The highest BCUT2D eigenvalue weighted by atomic mass is 79.9. The van der Waals surface area contributed by atoms with Crippen molar-refractivity contribution in [2.24, 2.45) is 5.41 Å². The molecular formula is C11H14BrNO3. The molecule has 1 rings (SSSR count). The fourth-order valence-corrected chi connectivity index (χ4v) is 1.37. The Kier molecular flexibility index (Phi) is 4.29. The number of esters is 1. The monoisotopic (exact) mass is 287 g/mol. The van der Waals surface area contributed by atoms with Crippen LogP contribution < -0.4 is 4.74 Å². The highest BCUT2D eigenvalue weighted by Gasteiger charge is 2.29. The minimum atomic E-state index is -0.682. The molecule has 88 valence electrons. The zero-order valence-electron chi connectivity index (χ0n) is 9.49. The lowest BCUT2D eigenvalue weighted by Crippen LogP contribution is -2.32. The Hall–Kier alpha value is -1.10. The Bertz CT molecular complexity index is 379. The Morgan fingerprint density at radius 2 is 2.25 bits per heavy atom. The molecule has 1 heterocycles. The van der Waals surface area contributed by atoms with Gasteiger partial charge in [-0.15, -0.1) is 0 Å². The van der Waals surface area contributed by atoms with E-state index in [0.717, 1.165) is 4.47 Å². The maximum atomic E-state index is 11.4. The van der Waals surface area contributed by atoms with Gasteiger partial charge in [-0.2, -0.15) is 0 Å². The SMILES string of the molecule is COC(=O)C(C)(C)COc1cc(Br)ccn1. The predicted octanol–water partition coefficient (Wildman–Crippen LogP) is 2.42. The largest absolute Gasteiger partial charge is 0.476 e. The smallest absolute Gasteiger partial charge is 0.314 e. The summed E-state index contributed by atoms with van der Waals surface area (Å²) in [5.74, 6) is 0.175. The van der Waals surface area contributed by atoms with Crippen LogP contribution in [0.5, 0.6) is 5.88 Å². The van der Waals surface area contributed by atoms with E-state index in [1.165, 1.54) is 7.11 Å². The lowest BCUT2D eigenvalue weighted by Gasteiger charge is -2.21. The van der Waals surface area contributed by atoms with Gasteiger partial charge < -0.3 is 9.47 Å². The van der Waals surface area contributed by atoms with Crippen LogP contribution in [0, 0.1) is 5.41 Å². The molecule has 0 aromatic carbocycles. The van der Waals surface area contributed by atoms with Crippen LogP contribution in [0.2, 0.25) is 0 Å². The van der Waals surface area contributed by atoms with Crippen LogP contribution in [0.4, 0.5) is 0 Å². The van der Waals surface area contributed by atoms with E-state index in [1.807, 2.05) is 0 Å². The average molecular weight is 288 g/mol. The molecule has 0 atom stereocenters. The first-order valence-electron chi connectivity index (χ1n) is 4.78. The molecule has 0 fully saturated rings. The molecule has 0 unspecified atom stereocenters. The van der Waals surface area contributed by atoms with Gasteiger partial charge in [0.2, 0.25) is 5.88 Å². The fourth-order valence-electron chi connectivity index (χ4n) is 1.05. The number of halogens is 1. The highest BCUT2D eigenvalue weighted by Crippen LogP contribution is 2.20. The molecule has 5 heteroatoms. The van der Waals surface area contributed by atoms with Gasteiger partial charge in [-0.05, 0) is 19.9 Å². The molecule has 0 spiro atoms. The summed E-state index contributed by atoms with van der Waals surface area (Å²) in [5, 5.41) is 0. The Morgan fingerprint density at radius 3 is 2.81 bits per heavy atom. The number of nitrogens with zero attached hydrogens (tertiary/aromatic N) is 1. The first kappa shape index (κ1) is 13.0. The van der Waals surface area contributed by atoms with Crippen LogP contribution in [0.3, 0.4) is 0 Å². The third kappa shape index (κ3) is 3.48. The van der Waals surface area contributed by atoms with Gasteiger partial charge in [0.1, 0.15) is 6.61 Å². The number of pyridine rings is 1. The Labute approximate surface area is 103 Å². The van der Waals surface area contributed by atoms with E-state index in [0.29, 0.717) is 5.88 Å². The summed E-state index contributed by atoms with van der Waals surface area (Å²) in [6, 6.07) is 3.55. The van der Waals surface area contributed by atoms with Crippen molar-refractivity contribution in [2.75, 3.05) is 13.7 Å². The number of ether oxygens (including phenoxy) is 2. The fraction of sp³-hybridized carbons (Fsp3) is 0.455. The van der Waals surface area contributed by atoms with Crippen LogP contribution in [0.1, 0.15) is 13.8 Å². The van der Waals surface area contributed by atoms with Crippen LogP contribution in [0.15, 0.2) is 22.8 Å². The lowest BCUT2D eigenvalue weighted by molar-refractivity contribution is -0.152. The highest BCUT2D eigenvalue weighted by molar-refractivity contribution is 9.10. The van der Waals surface area contributed by atoms with Crippen molar-refractivity contribution < 1.29 is 14.3 Å². The summed E-state index contributed by atoms with van der Waals surface area (Å²) in [4.78, 5) is 15.4. The number of carbonyl (C=O) groups excluding carboxylic acids is 1. The van der Waals surface area contributed by atoms with Crippen LogP contribution in [-0.4, -0.2) is 24.7 Å².